The Morgan fingerprint density at radius 1 is 1.39 bits per heavy atom. The van der Waals surface area contributed by atoms with Crippen molar-refractivity contribution in [1.29, 1.82) is 0 Å². The van der Waals surface area contributed by atoms with E-state index in [1.165, 1.54) is 0 Å². The number of amides is 1. The normalized spacial score (nSPS) is 12.3. The molecule has 0 aliphatic carbocycles. The fraction of sp³-hybridized carbons (Fsp3) is 0.333. The second-order valence-electron chi connectivity index (χ2n) is 5.25. The Morgan fingerprint density at radius 3 is 2.74 bits per heavy atom. The second kappa shape index (κ2) is 5.71. The number of carbonyl (C=O) groups excluding carboxylic acids is 1. The van der Waals surface area contributed by atoms with Gasteiger partial charge in [0.15, 0.2) is 23.9 Å². The molecule has 1 aliphatic rings. The van der Waals surface area contributed by atoms with Crippen LogP contribution < -0.4 is 25.3 Å². The molecule has 0 unspecified atom stereocenters. The van der Waals surface area contributed by atoms with Crippen molar-refractivity contribution < 1.29 is 19.0 Å². The van der Waals surface area contributed by atoms with Crippen molar-refractivity contribution in [3.05, 3.63) is 23.5 Å². The molecule has 0 saturated heterocycles. The number of nitrogen functional groups attached to an aromatic ring is 1. The third-order valence-electron chi connectivity index (χ3n) is 3.61. The Morgan fingerprint density at radius 2 is 2.09 bits per heavy atom. The van der Waals surface area contributed by atoms with Gasteiger partial charge in [0, 0.05) is 19.2 Å². The van der Waals surface area contributed by atoms with Crippen molar-refractivity contribution in [1.82, 2.24) is 9.78 Å². The topological polar surface area (TPSA) is 101 Å². The quantitative estimate of drug-likeness (QED) is 0.826. The number of carbonyl (C=O) groups is 1. The van der Waals surface area contributed by atoms with Crippen LogP contribution in [-0.2, 0) is 11.8 Å². The Bertz CT molecular complexity index is 769. The first kappa shape index (κ1) is 15.0. The highest BCUT2D eigenvalue weighted by atomic mass is 16.7. The molecule has 1 aliphatic heterocycles. The number of benzene rings is 1. The number of aromatic nitrogens is 2. The fourth-order valence-electron chi connectivity index (χ4n) is 2.35. The predicted octanol–water partition coefficient (Wildman–Crippen LogP) is 1.37. The van der Waals surface area contributed by atoms with Crippen LogP contribution in [0.25, 0.3) is 0 Å². The number of ether oxygens (including phenoxy) is 3. The maximum Gasteiger partial charge on any atom is 0.262 e. The Kier molecular flexibility index (Phi) is 3.73. The largest absolute Gasteiger partial charge is 0.480 e. The molecule has 1 amide bonds. The second-order valence-corrected chi connectivity index (χ2v) is 5.25. The average molecular weight is 318 g/mol. The van der Waals surface area contributed by atoms with Crippen LogP contribution in [0.3, 0.4) is 0 Å². The van der Waals surface area contributed by atoms with Crippen LogP contribution >= 0.6 is 0 Å². The zero-order valence-electron chi connectivity index (χ0n) is 13.2. The summed E-state index contributed by atoms with van der Waals surface area (Å²) in [4.78, 5) is 12.1. The number of nitrogens with one attached hydrogen (secondary N) is 1. The first-order chi connectivity index (χ1) is 11.0. The van der Waals surface area contributed by atoms with Gasteiger partial charge < -0.3 is 25.3 Å². The molecule has 3 rings (SSSR count). The van der Waals surface area contributed by atoms with Crippen LogP contribution in [0.4, 0.5) is 11.4 Å². The van der Waals surface area contributed by atoms with Gasteiger partial charge in [-0.3, -0.25) is 9.48 Å². The molecule has 2 heterocycles. The SMILES string of the molecule is Cc1nn(C)c(C)c1OCC(=O)Nc1cc2c(cc1N)OCO2. The van der Waals surface area contributed by atoms with Crippen molar-refractivity contribution in [2.75, 3.05) is 24.5 Å². The molecule has 122 valence electrons. The number of anilines is 2. The van der Waals surface area contributed by atoms with E-state index < -0.39 is 0 Å². The van der Waals surface area contributed by atoms with Crippen LogP contribution in [0, 0.1) is 13.8 Å². The molecule has 1 aromatic carbocycles. The maximum absolute atomic E-state index is 12.1. The molecule has 0 atom stereocenters. The number of hydrogen-bond acceptors (Lipinski definition) is 6. The number of rotatable bonds is 4. The summed E-state index contributed by atoms with van der Waals surface area (Å²) in [6, 6.07) is 3.25. The molecule has 8 heteroatoms. The van der Waals surface area contributed by atoms with Crippen molar-refractivity contribution >= 4 is 17.3 Å². The van der Waals surface area contributed by atoms with E-state index in [9.17, 15) is 4.79 Å². The number of hydrogen-bond donors (Lipinski definition) is 2. The van der Waals surface area contributed by atoms with Crippen molar-refractivity contribution in [3.63, 3.8) is 0 Å². The van der Waals surface area contributed by atoms with Crippen molar-refractivity contribution in [2.45, 2.75) is 13.8 Å². The highest BCUT2D eigenvalue weighted by Gasteiger charge is 2.18. The predicted molar refractivity (Wildman–Crippen MR) is 83.8 cm³/mol. The molecule has 2 aromatic rings. The van der Waals surface area contributed by atoms with Gasteiger partial charge in [0.1, 0.15) is 5.69 Å². The van der Waals surface area contributed by atoms with Crippen molar-refractivity contribution in [2.24, 2.45) is 7.05 Å². The Labute approximate surface area is 133 Å². The summed E-state index contributed by atoms with van der Waals surface area (Å²) in [5.41, 5.74) is 8.35. The number of nitrogens with zero attached hydrogens (tertiary/aromatic N) is 2. The standard InChI is InChI=1S/C15H18N4O4/c1-8-15(9(2)19(3)18-8)21-6-14(20)17-11-5-13-12(4-10(11)16)22-7-23-13/h4-5H,6-7,16H2,1-3H3,(H,17,20). The monoisotopic (exact) mass is 318 g/mol. The molecule has 1 aromatic heterocycles. The number of nitrogens with two attached hydrogens (primary N) is 1. The van der Waals surface area contributed by atoms with E-state index in [0.717, 1.165) is 11.4 Å². The van der Waals surface area contributed by atoms with E-state index in [4.69, 9.17) is 19.9 Å². The van der Waals surface area contributed by atoms with E-state index in [-0.39, 0.29) is 19.3 Å². The van der Waals surface area contributed by atoms with Gasteiger partial charge >= 0.3 is 0 Å². The minimum absolute atomic E-state index is 0.138. The molecule has 23 heavy (non-hydrogen) atoms. The number of aryl methyl sites for hydroxylation is 2. The minimum Gasteiger partial charge on any atom is -0.480 e. The van der Waals surface area contributed by atoms with Gasteiger partial charge in [-0.15, -0.1) is 0 Å². The maximum atomic E-state index is 12.1. The van der Waals surface area contributed by atoms with Crippen LogP contribution in [0.5, 0.6) is 17.2 Å². The molecule has 0 fully saturated rings. The third kappa shape index (κ3) is 2.87. The summed E-state index contributed by atoms with van der Waals surface area (Å²) in [7, 11) is 1.82. The van der Waals surface area contributed by atoms with E-state index in [1.807, 2.05) is 20.9 Å². The molecule has 0 spiro atoms. The summed E-state index contributed by atoms with van der Waals surface area (Å²) in [6.45, 7) is 3.72. The smallest absolute Gasteiger partial charge is 0.262 e. The van der Waals surface area contributed by atoms with Gasteiger partial charge in [-0.1, -0.05) is 0 Å². The molecule has 0 bridgehead atoms. The van der Waals surface area contributed by atoms with Gasteiger partial charge in [0.25, 0.3) is 5.91 Å². The molecule has 8 nitrogen and oxygen atoms in total. The average Bonchev–Trinajstić information content (AvgIpc) is 3.03. The molecular weight excluding hydrogens is 300 g/mol. The highest BCUT2D eigenvalue weighted by molar-refractivity contribution is 5.95. The first-order valence-electron chi connectivity index (χ1n) is 7.07. The van der Waals surface area contributed by atoms with E-state index in [2.05, 4.69) is 10.4 Å². The lowest BCUT2D eigenvalue weighted by molar-refractivity contribution is -0.118. The highest BCUT2D eigenvalue weighted by Crippen LogP contribution is 2.38. The third-order valence-corrected chi connectivity index (χ3v) is 3.61. The minimum atomic E-state index is -0.321. The molecular formula is C15H18N4O4. The summed E-state index contributed by atoms with van der Waals surface area (Å²) >= 11 is 0. The van der Waals surface area contributed by atoms with Crippen LogP contribution in [0.15, 0.2) is 12.1 Å². The zero-order chi connectivity index (χ0) is 16.6. The van der Waals surface area contributed by atoms with Crippen LogP contribution in [-0.4, -0.2) is 29.1 Å². The first-order valence-corrected chi connectivity index (χ1v) is 7.07. The number of fused-ring (bicyclic) bond motifs is 1. The summed E-state index contributed by atoms with van der Waals surface area (Å²) in [5, 5.41) is 6.94. The Balaban J connectivity index is 1.66. The van der Waals surface area contributed by atoms with Gasteiger partial charge in [-0.05, 0) is 13.8 Å². The van der Waals surface area contributed by atoms with E-state index in [0.29, 0.717) is 28.6 Å². The summed E-state index contributed by atoms with van der Waals surface area (Å²) in [6.07, 6.45) is 0. The van der Waals surface area contributed by atoms with E-state index in [1.54, 1.807) is 16.8 Å². The lowest BCUT2D eigenvalue weighted by Crippen LogP contribution is -2.21. The lowest BCUT2D eigenvalue weighted by atomic mass is 10.2. The fourth-order valence-corrected chi connectivity index (χ4v) is 2.35. The van der Waals surface area contributed by atoms with Gasteiger partial charge in [0.2, 0.25) is 6.79 Å². The zero-order valence-corrected chi connectivity index (χ0v) is 13.2. The molecule has 0 saturated carbocycles. The summed E-state index contributed by atoms with van der Waals surface area (Å²) in [5.74, 6) is 1.41. The Hall–Kier alpha value is -2.90. The van der Waals surface area contributed by atoms with Crippen molar-refractivity contribution in [3.8, 4) is 17.2 Å². The van der Waals surface area contributed by atoms with Gasteiger partial charge in [-0.2, -0.15) is 5.10 Å². The summed E-state index contributed by atoms with van der Waals surface area (Å²) < 4.78 is 17.8. The van der Waals surface area contributed by atoms with E-state index >= 15 is 0 Å². The lowest BCUT2D eigenvalue weighted by Gasteiger charge is -2.10. The molecule has 3 N–H and O–H groups in total. The van der Waals surface area contributed by atoms with Crippen LogP contribution in [0.1, 0.15) is 11.4 Å². The molecule has 0 radical (unpaired) electrons. The van der Waals surface area contributed by atoms with Gasteiger partial charge in [0.05, 0.1) is 17.1 Å². The van der Waals surface area contributed by atoms with Gasteiger partial charge in [-0.25, -0.2) is 0 Å². The van der Waals surface area contributed by atoms with Crippen LogP contribution in [0.2, 0.25) is 0 Å².